The summed E-state index contributed by atoms with van der Waals surface area (Å²) in [4.78, 5) is 54.4. The maximum atomic E-state index is 13.1. The lowest BCUT2D eigenvalue weighted by Crippen LogP contribution is -2.66. The Morgan fingerprint density at radius 2 is 2.06 bits per heavy atom. The second-order valence-corrected chi connectivity index (χ2v) is 11.2. The number of hydrogen-bond acceptors (Lipinski definition) is 9. The smallest absolute Gasteiger partial charge is 0.353 e. The van der Waals surface area contributed by atoms with E-state index in [2.05, 4.69) is 26.2 Å². The van der Waals surface area contributed by atoms with Gasteiger partial charge in [0.25, 0.3) is 0 Å². The van der Waals surface area contributed by atoms with Gasteiger partial charge in [-0.05, 0) is 36.6 Å². The number of aromatic nitrogens is 4. The van der Waals surface area contributed by atoms with E-state index < -0.39 is 17.9 Å². The summed E-state index contributed by atoms with van der Waals surface area (Å²) in [6, 6.07) is -1.08. The van der Waals surface area contributed by atoms with Crippen LogP contribution in [0.3, 0.4) is 0 Å². The maximum absolute atomic E-state index is 13.1. The molecule has 0 aliphatic carbocycles. The van der Waals surface area contributed by atoms with Gasteiger partial charge in [-0.1, -0.05) is 6.92 Å². The van der Waals surface area contributed by atoms with Gasteiger partial charge in [-0.3, -0.25) is 14.4 Å². The highest BCUT2D eigenvalue weighted by atomic mass is 32.2. The number of carboxylic acids is 1. The van der Waals surface area contributed by atoms with Crippen molar-refractivity contribution < 1.29 is 24.3 Å². The molecular formula is C22H30N8O5S. The summed E-state index contributed by atoms with van der Waals surface area (Å²) < 4.78 is 1.28. The molecule has 6 atom stereocenters. The molecule has 3 fully saturated rings. The molecule has 5 rings (SSSR count). The van der Waals surface area contributed by atoms with Gasteiger partial charge in [0.15, 0.2) is 0 Å². The number of tetrazole rings is 1. The van der Waals surface area contributed by atoms with Crippen LogP contribution in [0.1, 0.15) is 33.1 Å². The molecule has 0 saturated carbocycles. The monoisotopic (exact) mass is 518 g/mol. The summed E-state index contributed by atoms with van der Waals surface area (Å²) in [6.45, 7) is 5.80. The molecule has 4 aliphatic heterocycles. The number of likely N-dealkylation sites (tertiary alicyclic amines) is 1. The predicted molar refractivity (Wildman–Crippen MR) is 127 cm³/mol. The van der Waals surface area contributed by atoms with Crippen LogP contribution >= 0.6 is 11.8 Å². The lowest BCUT2D eigenvalue weighted by atomic mass is 9.78. The van der Waals surface area contributed by atoms with Crippen molar-refractivity contribution in [3.8, 4) is 0 Å². The lowest BCUT2D eigenvalue weighted by Gasteiger charge is -2.47. The Labute approximate surface area is 212 Å². The van der Waals surface area contributed by atoms with E-state index in [1.165, 1.54) is 27.7 Å². The van der Waals surface area contributed by atoms with Gasteiger partial charge in [0, 0.05) is 41.7 Å². The third kappa shape index (κ3) is 4.36. The first-order chi connectivity index (χ1) is 17.3. The van der Waals surface area contributed by atoms with Gasteiger partial charge in [-0.25, -0.2) is 9.48 Å². The largest absolute Gasteiger partial charge is 0.477 e. The number of fused-ring (bicyclic) bond motifs is 1. The number of thioether (sulfide) groups is 1. The quantitative estimate of drug-likeness (QED) is 0.365. The summed E-state index contributed by atoms with van der Waals surface area (Å²) in [5.41, 5.74) is 0.0280. The fraction of sp³-hybridized carbons (Fsp3) is 0.682. The zero-order valence-corrected chi connectivity index (χ0v) is 21.0. The van der Waals surface area contributed by atoms with Crippen LogP contribution in [0.2, 0.25) is 0 Å². The van der Waals surface area contributed by atoms with Gasteiger partial charge in [-0.15, -0.1) is 16.9 Å². The fourth-order valence-corrected chi connectivity index (χ4v) is 7.28. The van der Waals surface area contributed by atoms with E-state index in [0.717, 1.165) is 25.9 Å². The van der Waals surface area contributed by atoms with Gasteiger partial charge in [0.05, 0.1) is 18.0 Å². The second kappa shape index (κ2) is 9.81. The van der Waals surface area contributed by atoms with Crippen LogP contribution < -0.4 is 10.6 Å². The molecule has 1 aromatic heterocycles. The van der Waals surface area contributed by atoms with Crippen LogP contribution in [0, 0.1) is 11.8 Å². The van der Waals surface area contributed by atoms with Gasteiger partial charge < -0.3 is 25.5 Å². The van der Waals surface area contributed by atoms with Crippen molar-refractivity contribution in [3.05, 3.63) is 16.9 Å². The van der Waals surface area contributed by atoms with E-state index in [1.807, 2.05) is 11.8 Å². The number of carboxylic acid groups (broad SMARTS) is 1. The molecule has 3 saturated heterocycles. The third-order valence-electron chi connectivity index (χ3n) is 7.52. The molecule has 3 N–H and O–H groups in total. The number of nitrogens with zero attached hydrogens (tertiary/aromatic N) is 6. The highest BCUT2D eigenvalue weighted by Gasteiger charge is 2.60. The number of carbonyl (C=O) groups is 4. The number of β-lactam (4-membered cyclic amide) rings is 1. The maximum Gasteiger partial charge on any atom is 0.353 e. The van der Waals surface area contributed by atoms with Crippen LogP contribution in [0.4, 0.5) is 0 Å². The zero-order chi connectivity index (χ0) is 25.6. The van der Waals surface area contributed by atoms with Gasteiger partial charge in [0.1, 0.15) is 18.6 Å². The van der Waals surface area contributed by atoms with Crippen molar-refractivity contribution in [2.75, 3.05) is 19.6 Å². The predicted octanol–water partition coefficient (Wildman–Crippen LogP) is -0.963. The Kier molecular flexibility index (Phi) is 6.72. The number of aliphatic carboxylic acids is 1. The van der Waals surface area contributed by atoms with E-state index in [9.17, 15) is 24.3 Å². The van der Waals surface area contributed by atoms with E-state index in [-0.39, 0.29) is 53.2 Å². The first-order valence-corrected chi connectivity index (χ1v) is 13.1. The van der Waals surface area contributed by atoms with Crippen LogP contribution in [0.15, 0.2) is 16.9 Å². The van der Waals surface area contributed by atoms with Crippen molar-refractivity contribution in [3.63, 3.8) is 0 Å². The minimum absolute atomic E-state index is 0.0280. The molecule has 0 aromatic carbocycles. The van der Waals surface area contributed by atoms with Gasteiger partial charge in [-0.2, -0.15) is 0 Å². The van der Waals surface area contributed by atoms with Crippen LogP contribution in [0.25, 0.3) is 0 Å². The number of rotatable bonds is 8. The summed E-state index contributed by atoms with van der Waals surface area (Å²) in [7, 11) is 0. The first kappa shape index (κ1) is 24.7. The Morgan fingerprint density at radius 1 is 1.31 bits per heavy atom. The Bertz CT molecular complexity index is 1090. The van der Waals surface area contributed by atoms with Crippen molar-refractivity contribution in [2.24, 2.45) is 11.8 Å². The molecule has 13 nitrogen and oxygen atoms in total. The van der Waals surface area contributed by atoms with E-state index in [0.29, 0.717) is 17.9 Å². The summed E-state index contributed by atoms with van der Waals surface area (Å²) in [6.07, 6.45) is 4.01. The molecule has 1 unspecified atom stereocenters. The molecule has 0 bridgehead atoms. The number of amides is 3. The molecule has 3 amide bonds. The molecule has 194 valence electrons. The fourth-order valence-electron chi connectivity index (χ4n) is 5.80. The molecular weight excluding hydrogens is 488 g/mol. The standard InChI is InChI=1S/C22H30N8O5S/c1-11-17-16(12(2)25-15(31)9-29-10-24-26-27-29)21(33)30(17)18(22(34)35)19(11)36-13-7-14(23-8-13)20(32)28-5-3-4-6-28/h10-14,16-17,23H,3-9H2,1-2H3,(H,25,31)(H,34,35)/t11-,12-,13+,14+,16-,17?/m1/s1. The SMILES string of the molecule is C[C@H]1C(S[C@@H]2CN[C@H](C(=O)N3CCCC3)C2)=C(C(=O)O)N2C(=O)[C@H]([C@@H](C)NC(=O)Cn3cnnn3)C12. The third-order valence-corrected chi connectivity index (χ3v) is 9.03. The van der Waals surface area contributed by atoms with E-state index >= 15 is 0 Å². The molecule has 5 heterocycles. The van der Waals surface area contributed by atoms with Gasteiger partial charge >= 0.3 is 5.97 Å². The highest BCUT2D eigenvalue weighted by molar-refractivity contribution is 8.03. The molecule has 36 heavy (non-hydrogen) atoms. The lowest BCUT2D eigenvalue weighted by molar-refractivity contribution is -0.158. The molecule has 1 aromatic rings. The van der Waals surface area contributed by atoms with Crippen molar-refractivity contribution >= 4 is 35.5 Å². The Hall–Kier alpha value is -3.00. The second-order valence-electron chi connectivity index (χ2n) is 9.86. The molecule has 14 heteroatoms. The Balaban J connectivity index is 1.24. The first-order valence-electron chi connectivity index (χ1n) is 12.3. The molecule has 0 spiro atoms. The summed E-state index contributed by atoms with van der Waals surface area (Å²) in [5, 5.41) is 26.8. The average molecular weight is 519 g/mol. The number of carbonyl (C=O) groups excluding carboxylic acids is 3. The summed E-state index contributed by atoms with van der Waals surface area (Å²) in [5.74, 6) is -2.38. The van der Waals surface area contributed by atoms with Gasteiger partial charge in [0.2, 0.25) is 17.7 Å². The Morgan fingerprint density at radius 3 is 2.72 bits per heavy atom. The normalized spacial score (nSPS) is 30.4. The number of hydrogen-bond donors (Lipinski definition) is 3. The zero-order valence-electron chi connectivity index (χ0n) is 20.2. The van der Waals surface area contributed by atoms with Crippen LogP contribution in [-0.2, 0) is 25.7 Å². The van der Waals surface area contributed by atoms with Crippen LogP contribution in [-0.4, -0.2) is 102 Å². The van der Waals surface area contributed by atoms with Crippen LogP contribution in [0.5, 0.6) is 0 Å². The topological polar surface area (TPSA) is 163 Å². The summed E-state index contributed by atoms with van der Waals surface area (Å²) >= 11 is 1.46. The minimum atomic E-state index is -1.13. The molecule has 0 radical (unpaired) electrons. The van der Waals surface area contributed by atoms with Crippen molar-refractivity contribution in [1.29, 1.82) is 0 Å². The number of nitrogens with one attached hydrogen (secondary N) is 2. The van der Waals surface area contributed by atoms with Crippen molar-refractivity contribution in [2.45, 2.75) is 63.0 Å². The van der Waals surface area contributed by atoms with Crippen molar-refractivity contribution in [1.82, 2.24) is 40.6 Å². The highest BCUT2D eigenvalue weighted by Crippen LogP contribution is 2.51. The molecule has 4 aliphatic rings. The average Bonchev–Trinajstić information content (AvgIpc) is 3.62. The minimum Gasteiger partial charge on any atom is -0.477 e. The van der Waals surface area contributed by atoms with E-state index in [4.69, 9.17) is 0 Å². The van der Waals surface area contributed by atoms with E-state index in [1.54, 1.807) is 6.92 Å².